The number of aryl methyl sites for hydroxylation is 1. The minimum Gasteiger partial charge on any atom is -0.378 e. The second kappa shape index (κ2) is 9.78. The molecule has 7 heteroatoms. The Bertz CT molecular complexity index is 638. The van der Waals surface area contributed by atoms with Gasteiger partial charge in [0.05, 0.1) is 24.5 Å². The van der Waals surface area contributed by atoms with Gasteiger partial charge in [-0.15, -0.1) is 0 Å². The molecule has 0 aromatic carbocycles. The molecule has 1 aromatic heterocycles. The van der Waals surface area contributed by atoms with E-state index in [0.717, 1.165) is 50.9 Å². The molecular weight excluding hydrogens is 344 g/mol. The average Bonchev–Trinajstić information content (AvgIpc) is 2.73. The molecule has 2 fully saturated rings. The van der Waals surface area contributed by atoms with Crippen molar-refractivity contribution in [3.05, 3.63) is 23.8 Å². The highest BCUT2D eigenvalue weighted by Gasteiger charge is 2.26. The molecule has 2 amide bonds. The predicted molar refractivity (Wildman–Crippen MR) is 101 cm³/mol. The number of amides is 2. The lowest BCUT2D eigenvalue weighted by molar-refractivity contribution is -0.135. The molecule has 0 atom stereocenters. The summed E-state index contributed by atoms with van der Waals surface area (Å²) in [6.45, 7) is 6.30. The van der Waals surface area contributed by atoms with Crippen LogP contribution in [0.2, 0.25) is 0 Å². The van der Waals surface area contributed by atoms with E-state index in [1.54, 1.807) is 6.20 Å². The van der Waals surface area contributed by atoms with Crippen LogP contribution in [0.3, 0.4) is 0 Å². The number of hydrogen-bond acceptors (Lipinski definition) is 5. The summed E-state index contributed by atoms with van der Waals surface area (Å²) >= 11 is 0. The van der Waals surface area contributed by atoms with Crippen LogP contribution in [0.1, 0.15) is 55.1 Å². The highest BCUT2D eigenvalue weighted by atomic mass is 16.5. The molecule has 0 N–H and O–H groups in total. The Balaban J connectivity index is 1.46. The summed E-state index contributed by atoms with van der Waals surface area (Å²) in [5.41, 5.74) is 1.48. The van der Waals surface area contributed by atoms with Crippen LogP contribution in [-0.4, -0.2) is 71.0 Å². The van der Waals surface area contributed by atoms with Gasteiger partial charge in [0, 0.05) is 38.8 Å². The number of morpholine rings is 1. The van der Waals surface area contributed by atoms with Gasteiger partial charge in [0.2, 0.25) is 5.91 Å². The smallest absolute Gasteiger partial charge is 0.257 e. The van der Waals surface area contributed by atoms with E-state index in [1.807, 2.05) is 9.80 Å². The predicted octanol–water partition coefficient (Wildman–Crippen LogP) is 1.92. The second-order valence-corrected chi connectivity index (χ2v) is 7.40. The number of piperidine rings is 1. The van der Waals surface area contributed by atoms with Crippen LogP contribution in [0.5, 0.6) is 0 Å². The first-order valence-electron chi connectivity index (χ1n) is 10.1. The SMILES string of the molecule is CCCc1ncncc1C(=O)N1CCC(CCC(=O)N2CCOCC2)CC1. The van der Waals surface area contributed by atoms with E-state index in [-0.39, 0.29) is 11.8 Å². The second-order valence-electron chi connectivity index (χ2n) is 7.40. The highest BCUT2D eigenvalue weighted by Crippen LogP contribution is 2.24. The van der Waals surface area contributed by atoms with Gasteiger partial charge in [-0.2, -0.15) is 0 Å². The van der Waals surface area contributed by atoms with Gasteiger partial charge in [-0.1, -0.05) is 13.3 Å². The Kier molecular flexibility index (Phi) is 7.15. The number of hydrogen-bond donors (Lipinski definition) is 0. The van der Waals surface area contributed by atoms with Gasteiger partial charge < -0.3 is 14.5 Å². The van der Waals surface area contributed by atoms with E-state index < -0.39 is 0 Å². The quantitative estimate of drug-likeness (QED) is 0.760. The molecule has 2 saturated heterocycles. The maximum absolute atomic E-state index is 12.8. The van der Waals surface area contributed by atoms with Gasteiger partial charge in [-0.25, -0.2) is 9.97 Å². The number of carbonyl (C=O) groups excluding carboxylic acids is 2. The number of rotatable bonds is 6. The first-order chi connectivity index (χ1) is 13.2. The first kappa shape index (κ1) is 19.7. The Morgan fingerprint density at radius 1 is 1.15 bits per heavy atom. The van der Waals surface area contributed by atoms with Crippen molar-refractivity contribution in [1.82, 2.24) is 19.8 Å². The van der Waals surface area contributed by atoms with Crippen LogP contribution in [0.15, 0.2) is 12.5 Å². The zero-order chi connectivity index (χ0) is 19.1. The van der Waals surface area contributed by atoms with Crippen LogP contribution in [0.25, 0.3) is 0 Å². The van der Waals surface area contributed by atoms with E-state index >= 15 is 0 Å². The Morgan fingerprint density at radius 3 is 2.59 bits per heavy atom. The molecule has 2 aliphatic rings. The lowest BCUT2D eigenvalue weighted by Crippen LogP contribution is -2.41. The summed E-state index contributed by atoms with van der Waals surface area (Å²) in [6.07, 6.45) is 8.34. The average molecular weight is 374 g/mol. The highest BCUT2D eigenvalue weighted by molar-refractivity contribution is 5.95. The van der Waals surface area contributed by atoms with Crippen LogP contribution in [-0.2, 0) is 16.0 Å². The summed E-state index contributed by atoms with van der Waals surface area (Å²) in [4.78, 5) is 37.3. The summed E-state index contributed by atoms with van der Waals surface area (Å²) in [5, 5.41) is 0. The van der Waals surface area contributed by atoms with E-state index in [2.05, 4.69) is 16.9 Å². The van der Waals surface area contributed by atoms with Crippen molar-refractivity contribution in [1.29, 1.82) is 0 Å². The maximum Gasteiger partial charge on any atom is 0.257 e. The number of ether oxygens (including phenoxy) is 1. The van der Waals surface area contributed by atoms with Gasteiger partial charge in [0.15, 0.2) is 0 Å². The molecule has 3 heterocycles. The van der Waals surface area contributed by atoms with Crippen molar-refractivity contribution >= 4 is 11.8 Å². The fourth-order valence-electron chi connectivity index (χ4n) is 3.86. The van der Waals surface area contributed by atoms with Crippen LogP contribution < -0.4 is 0 Å². The number of nitrogens with zero attached hydrogens (tertiary/aromatic N) is 4. The van der Waals surface area contributed by atoms with E-state index in [1.165, 1.54) is 6.33 Å². The molecule has 0 spiro atoms. The van der Waals surface area contributed by atoms with Crippen molar-refractivity contribution in [2.45, 2.75) is 45.4 Å². The largest absolute Gasteiger partial charge is 0.378 e. The van der Waals surface area contributed by atoms with Gasteiger partial charge in [0.1, 0.15) is 6.33 Å². The zero-order valence-corrected chi connectivity index (χ0v) is 16.2. The lowest BCUT2D eigenvalue weighted by atomic mass is 9.91. The molecular formula is C20H30N4O3. The van der Waals surface area contributed by atoms with Crippen LogP contribution in [0, 0.1) is 5.92 Å². The fourth-order valence-corrected chi connectivity index (χ4v) is 3.86. The van der Waals surface area contributed by atoms with E-state index in [0.29, 0.717) is 44.2 Å². The van der Waals surface area contributed by atoms with Crippen molar-refractivity contribution in [2.24, 2.45) is 5.92 Å². The summed E-state index contributed by atoms with van der Waals surface area (Å²) in [6, 6.07) is 0. The normalized spacial score (nSPS) is 18.6. The maximum atomic E-state index is 12.8. The Hall–Kier alpha value is -2.02. The van der Waals surface area contributed by atoms with Crippen LogP contribution in [0.4, 0.5) is 0 Å². The minimum absolute atomic E-state index is 0.0434. The molecule has 148 valence electrons. The molecule has 0 saturated carbocycles. The van der Waals surface area contributed by atoms with Gasteiger partial charge in [-0.05, 0) is 31.6 Å². The van der Waals surface area contributed by atoms with E-state index in [4.69, 9.17) is 4.74 Å². The zero-order valence-electron chi connectivity index (χ0n) is 16.2. The first-order valence-corrected chi connectivity index (χ1v) is 10.1. The molecule has 27 heavy (non-hydrogen) atoms. The summed E-state index contributed by atoms with van der Waals surface area (Å²) < 4.78 is 5.30. The molecule has 0 aliphatic carbocycles. The Labute approximate surface area is 161 Å². The molecule has 7 nitrogen and oxygen atoms in total. The van der Waals surface area contributed by atoms with E-state index in [9.17, 15) is 9.59 Å². The standard InChI is InChI=1S/C20H30N4O3/c1-2-3-18-17(14-21-15-22-18)20(26)24-8-6-16(7-9-24)4-5-19(25)23-10-12-27-13-11-23/h14-16H,2-13H2,1H3. The number of carbonyl (C=O) groups is 2. The number of aromatic nitrogens is 2. The van der Waals surface area contributed by atoms with Crippen molar-refractivity contribution in [2.75, 3.05) is 39.4 Å². The third kappa shape index (κ3) is 5.25. The van der Waals surface area contributed by atoms with Crippen molar-refractivity contribution in [3.8, 4) is 0 Å². The third-order valence-electron chi connectivity index (χ3n) is 5.54. The molecule has 0 radical (unpaired) electrons. The monoisotopic (exact) mass is 374 g/mol. The topological polar surface area (TPSA) is 75.6 Å². The molecule has 3 rings (SSSR count). The molecule has 0 unspecified atom stereocenters. The van der Waals surface area contributed by atoms with Gasteiger partial charge >= 0.3 is 0 Å². The molecule has 2 aliphatic heterocycles. The third-order valence-corrected chi connectivity index (χ3v) is 5.54. The van der Waals surface area contributed by atoms with Crippen LogP contribution >= 0.6 is 0 Å². The fraction of sp³-hybridized carbons (Fsp3) is 0.700. The number of likely N-dealkylation sites (tertiary alicyclic amines) is 1. The minimum atomic E-state index is 0.0434. The van der Waals surface area contributed by atoms with Crippen molar-refractivity contribution in [3.63, 3.8) is 0 Å². The Morgan fingerprint density at radius 2 is 1.89 bits per heavy atom. The summed E-state index contributed by atoms with van der Waals surface area (Å²) in [7, 11) is 0. The lowest BCUT2D eigenvalue weighted by Gasteiger charge is -2.33. The van der Waals surface area contributed by atoms with Gasteiger partial charge in [-0.3, -0.25) is 9.59 Å². The molecule has 0 bridgehead atoms. The summed E-state index contributed by atoms with van der Waals surface area (Å²) in [5.74, 6) is 0.797. The molecule has 1 aromatic rings. The van der Waals surface area contributed by atoms with Crippen molar-refractivity contribution < 1.29 is 14.3 Å². The van der Waals surface area contributed by atoms with Gasteiger partial charge in [0.25, 0.3) is 5.91 Å².